The maximum Gasteiger partial charge on any atom is 0.152 e. The molecule has 17 heavy (non-hydrogen) atoms. The Bertz CT molecular complexity index is 451. The van der Waals surface area contributed by atoms with Crippen LogP contribution in [0.3, 0.4) is 0 Å². The summed E-state index contributed by atoms with van der Waals surface area (Å²) in [6, 6.07) is 10.0. The molecule has 2 rings (SSSR count). The quantitative estimate of drug-likeness (QED) is 0.831. The van der Waals surface area contributed by atoms with Gasteiger partial charge in [0.05, 0.1) is 11.9 Å². The van der Waals surface area contributed by atoms with Gasteiger partial charge in [-0.25, -0.2) is 0 Å². The molecular formula is C12H17N5. The smallest absolute Gasteiger partial charge is 0.152 e. The standard InChI is InChI=1S/C12H17N5/c1-13-8-9-16(2)12-10-14-15-17(12)11-6-4-3-5-7-11/h3-7,10,13H,8-9H2,1-2H3. The highest BCUT2D eigenvalue weighted by Crippen LogP contribution is 2.15. The third kappa shape index (κ3) is 2.62. The minimum absolute atomic E-state index is 0.913. The molecule has 1 heterocycles. The van der Waals surface area contributed by atoms with Crippen molar-refractivity contribution in [2.75, 3.05) is 32.1 Å². The van der Waals surface area contributed by atoms with Gasteiger partial charge in [-0.05, 0) is 19.2 Å². The molecule has 0 aliphatic heterocycles. The number of aromatic nitrogens is 3. The van der Waals surface area contributed by atoms with E-state index in [0.29, 0.717) is 0 Å². The van der Waals surface area contributed by atoms with Crippen LogP contribution in [0.25, 0.3) is 5.69 Å². The number of nitrogens with one attached hydrogen (secondary N) is 1. The van der Waals surface area contributed by atoms with Gasteiger partial charge < -0.3 is 10.2 Å². The molecule has 0 saturated carbocycles. The van der Waals surface area contributed by atoms with E-state index in [9.17, 15) is 0 Å². The number of anilines is 1. The van der Waals surface area contributed by atoms with Crippen molar-refractivity contribution in [3.63, 3.8) is 0 Å². The lowest BCUT2D eigenvalue weighted by atomic mass is 10.3. The molecule has 2 aromatic rings. The van der Waals surface area contributed by atoms with Crippen molar-refractivity contribution in [2.45, 2.75) is 0 Å². The van der Waals surface area contributed by atoms with Crippen LogP contribution in [0.2, 0.25) is 0 Å². The van der Waals surface area contributed by atoms with Gasteiger partial charge in [0.1, 0.15) is 0 Å². The summed E-state index contributed by atoms with van der Waals surface area (Å²) in [5.41, 5.74) is 1.02. The van der Waals surface area contributed by atoms with Gasteiger partial charge in [0, 0.05) is 20.1 Å². The van der Waals surface area contributed by atoms with Crippen molar-refractivity contribution >= 4 is 5.82 Å². The molecule has 0 unspecified atom stereocenters. The number of hydrogen-bond acceptors (Lipinski definition) is 4. The maximum absolute atomic E-state index is 4.12. The number of benzene rings is 1. The Morgan fingerprint density at radius 2 is 2.06 bits per heavy atom. The van der Waals surface area contributed by atoms with Crippen molar-refractivity contribution < 1.29 is 0 Å². The van der Waals surface area contributed by atoms with E-state index in [1.54, 1.807) is 6.20 Å². The van der Waals surface area contributed by atoms with Gasteiger partial charge >= 0.3 is 0 Å². The molecular weight excluding hydrogens is 214 g/mol. The summed E-state index contributed by atoms with van der Waals surface area (Å²) >= 11 is 0. The molecule has 1 aromatic heterocycles. The van der Waals surface area contributed by atoms with Crippen LogP contribution in [0.15, 0.2) is 36.5 Å². The predicted octanol–water partition coefficient (Wildman–Crippen LogP) is 0.923. The number of nitrogens with zero attached hydrogens (tertiary/aromatic N) is 4. The van der Waals surface area contributed by atoms with Crippen LogP contribution in [0.4, 0.5) is 5.82 Å². The fraction of sp³-hybridized carbons (Fsp3) is 0.333. The zero-order valence-electron chi connectivity index (χ0n) is 10.2. The van der Waals surface area contributed by atoms with Gasteiger partial charge in [0.15, 0.2) is 5.82 Å². The minimum atomic E-state index is 0.913. The molecule has 0 fully saturated rings. The normalized spacial score (nSPS) is 10.5. The number of para-hydroxylation sites is 1. The average molecular weight is 231 g/mol. The van der Waals surface area contributed by atoms with Crippen molar-refractivity contribution in [1.29, 1.82) is 0 Å². The molecule has 1 N–H and O–H groups in total. The fourth-order valence-electron chi connectivity index (χ4n) is 1.64. The Labute approximate surface area is 101 Å². The molecule has 0 bridgehead atoms. The Kier molecular flexibility index (Phi) is 3.72. The van der Waals surface area contributed by atoms with Gasteiger partial charge in [-0.3, -0.25) is 0 Å². The number of rotatable bonds is 5. The lowest BCUT2D eigenvalue weighted by Gasteiger charge is -2.19. The molecule has 5 nitrogen and oxygen atoms in total. The first-order chi connectivity index (χ1) is 8.33. The van der Waals surface area contributed by atoms with E-state index in [4.69, 9.17) is 0 Å². The van der Waals surface area contributed by atoms with Crippen LogP contribution in [0.5, 0.6) is 0 Å². The summed E-state index contributed by atoms with van der Waals surface area (Å²) in [4.78, 5) is 2.13. The van der Waals surface area contributed by atoms with E-state index in [-0.39, 0.29) is 0 Å². The zero-order chi connectivity index (χ0) is 12.1. The van der Waals surface area contributed by atoms with Crippen LogP contribution in [-0.4, -0.2) is 42.2 Å². The highest BCUT2D eigenvalue weighted by molar-refractivity contribution is 5.44. The molecule has 0 saturated heterocycles. The Hall–Kier alpha value is -1.88. The molecule has 90 valence electrons. The largest absolute Gasteiger partial charge is 0.357 e. The number of likely N-dealkylation sites (N-methyl/N-ethyl adjacent to an activating group) is 2. The highest BCUT2D eigenvalue weighted by Gasteiger charge is 2.09. The topological polar surface area (TPSA) is 46.0 Å². The SMILES string of the molecule is CNCCN(C)c1cnnn1-c1ccccc1. The van der Waals surface area contributed by atoms with E-state index in [0.717, 1.165) is 24.6 Å². The number of hydrogen-bond donors (Lipinski definition) is 1. The van der Waals surface area contributed by atoms with Gasteiger partial charge in [-0.15, -0.1) is 5.10 Å². The van der Waals surface area contributed by atoms with E-state index < -0.39 is 0 Å². The predicted molar refractivity (Wildman–Crippen MR) is 68.6 cm³/mol. The first-order valence-electron chi connectivity index (χ1n) is 5.65. The highest BCUT2D eigenvalue weighted by atomic mass is 15.5. The second kappa shape index (κ2) is 5.45. The Morgan fingerprint density at radius 1 is 1.29 bits per heavy atom. The zero-order valence-corrected chi connectivity index (χ0v) is 10.2. The van der Waals surface area contributed by atoms with Crippen molar-refractivity contribution in [3.8, 4) is 5.69 Å². The maximum atomic E-state index is 4.12. The van der Waals surface area contributed by atoms with E-state index >= 15 is 0 Å². The first-order valence-corrected chi connectivity index (χ1v) is 5.65. The third-order valence-corrected chi connectivity index (χ3v) is 2.62. The average Bonchev–Trinajstić information content (AvgIpc) is 2.86. The van der Waals surface area contributed by atoms with Crippen LogP contribution in [0, 0.1) is 0 Å². The minimum Gasteiger partial charge on any atom is -0.357 e. The summed E-state index contributed by atoms with van der Waals surface area (Å²) in [6.07, 6.45) is 1.78. The summed E-state index contributed by atoms with van der Waals surface area (Å²) in [6.45, 7) is 1.84. The van der Waals surface area contributed by atoms with Crippen molar-refractivity contribution in [3.05, 3.63) is 36.5 Å². The monoisotopic (exact) mass is 231 g/mol. The van der Waals surface area contributed by atoms with Gasteiger partial charge in [0.25, 0.3) is 0 Å². The fourth-order valence-corrected chi connectivity index (χ4v) is 1.64. The second-order valence-electron chi connectivity index (χ2n) is 3.86. The molecule has 0 radical (unpaired) electrons. The molecule has 1 aromatic carbocycles. The van der Waals surface area contributed by atoms with Crippen LogP contribution < -0.4 is 10.2 Å². The van der Waals surface area contributed by atoms with Crippen LogP contribution in [0.1, 0.15) is 0 Å². The lowest BCUT2D eigenvalue weighted by Crippen LogP contribution is -2.28. The molecule has 0 atom stereocenters. The van der Waals surface area contributed by atoms with Gasteiger partial charge in [-0.1, -0.05) is 23.4 Å². The van der Waals surface area contributed by atoms with E-state index in [1.807, 2.05) is 49.1 Å². The summed E-state index contributed by atoms with van der Waals surface area (Å²) < 4.78 is 1.84. The van der Waals surface area contributed by atoms with Crippen LogP contribution >= 0.6 is 0 Å². The first kappa shape index (κ1) is 11.6. The van der Waals surface area contributed by atoms with Crippen molar-refractivity contribution in [2.24, 2.45) is 0 Å². The van der Waals surface area contributed by atoms with Gasteiger partial charge in [-0.2, -0.15) is 4.68 Å². The summed E-state index contributed by atoms with van der Waals surface area (Å²) in [5.74, 6) is 0.992. The van der Waals surface area contributed by atoms with Crippen LogP contribution in [-0.2, 0) is 0 Å². The molecule has 0 spiro atoms. The Balaban J connectivity index is 2.23. The third-order valence-electron chi connectivity index (χ3n) is 2.62. The Morgan fingerprint density at radius 3 is 2.76 bits per heavy atom. The van der Waals surface area contributed by atoms with Gasteiger partial charge in [0.2, 0.25) is 0 Å². The van der Waals surface area contributed by atoms with E-state index in [2.05, 4.69) is 20.5 Å². The summed E-state index contributed by atoms with van der Waals surface area (Å²) in [5, 5.41) is 11.2. The second-order valence-corrected chi connectivity index (χ2v) is 3.86. The molecule has 5 heteroatoms. The lowest BCUT2D eigenvalue weighted by molar-refractivity contribution is 0.734. The summed E-state index contributed by atoms with van der Waals surface area (Å²) in [7, 11) is 3.98. The molecule has 0 aliphatic carbocycles. The van der Waals surface area contributed by atoms with E-state index in [1.165, 1.54) is 0 Å². The molecule has 0 aliphatic rings. The van der Waals surface area contributed by atoms with Crippen molar-refractivity contribution in [1.82, 2.24) is 20.3 Å². The molecule has 0 amide bonds.